The number of anilines is 1. The van der Waals surface area contributed by atoms with Crippen LogP contribution < -0.4 is 10.9 Å². The summed E-state index contributed by atoms with van der Waals surface area (Å²) < 4.78 is 5.08. The van der Waals surface area contributed by atoms with Gasteiger partial charge in [-0.15, -0.1) is 0 Å². The molecule has 2 N–H and O–H groups in total. The first kappa shape index (κ1) is 16.3. The molecule has 1 aromatic carbocycles. The number of carbonyl (C=O) groups excluding carboxylic acids is 1. The molecule has 1 atom stereocenters. The fraction of sp³-hybridized carbons (Fsp3) is 0.471. The van der Waals surface area contributed by atoms with E-state index in [1.54, 1.807) is 11.0 Å². The molecule has 0 radical (unpaired) electrons. The van der Waals surface area contributed by atoms with Crippen molar-refractivity contribution in [3.63, 3.8) is 0 Å². The van der Waals surface area contributed by atoms with Gasteiger partial charge in [0.25, 0.3) is 5.56 Å². The third kappa shape index (κ3) is 3.50. The zero-order chi connectivity index (χ0) is 16.9. The summed E-state index contributed by atoms with van der Waals surface area (Å²) in [7, 11) is 0. The summed E-state index contributed by atoms with van der Waals surface area (Å²) in [4.78, 5) is 25.5. The number of ether oxygens (including phenoxy) is 1. The van der Waals surface area contributed by atoms with Crippen molar-refractivity contribution in [2.45, 2.75) is 32.2 Å². The number of amides is 1. The molecule has 3 rings (SSSR count). The van der Waals surface area contributed by atoms with Crippen LogP contribution in [-0.2, 0) is 4.74 Å². The number of aromatic nitrogens is 2. The first-order valence-corrected chi connectivity index (χ1v) is 8.34. The van der Waals surface area contributed by atoms with Gasteiger partial charge >= 0.3 is 6.09 Å². The van der Waals surface area contributed by atoms with Crippen LogP contribution in [0.1, 0.15) is 26.2 Å². The molecule has 1 amide bonds. The predicted molar refractivity (Wildman–Crippen MR) is 92.2 cm³/mol. The van der Waals surface area contributed by atoms with E-state index in [-0.39, 0.29) is 17.7 Å². The second-order valence-corrected chi connectivity index (χ2v) is 5.91. The molecule has 1 aromatic heterocycles. The van der Waals surface area contributed by atoms with Crippen LogP contribution in [0.4, 0.5) is 10.6 Å². The van der Waals surface area contributed by atoms with Crippen LogP contribution in [0.15, 0.2) is 29.1 Å². The van der Waals surface area contributed by atoms with Gasteiger partial charge < -0.3 is 15.0 Å². The third-order valence-electron chi connectivity index (χ3n) is 4.29. The topological polar surface area (TPSA) is 87.3 Å². The lowest BCUT2D eigenvalue weighted by Crippen LogP contribution is -2.33. The number of carbonyl (C=O) groups is 1. The van der Waals surface area contributed by atoms with Crippen LogP contribution >= 0.6 is 0 Å². The van der Waals surface area contributed by atoms with Crippen molar-refractivity contribution in [3.8, 4) is 0 Å². The molecule has 1 saturated heterocycles. The van der Waals surface area contributed by atoms with Crippen molar-refractivity contribution in [3.05, 3.63) is 34.6 Å². The molecule has 1 fully saturated rings. The Morgan fingerprint density at radius 2 is 2.12 bits per heavy atom. The number of rotatable bonds is 3. The Bertz CT molecular complexity index is 774. The molecule has 2 heterocycles. The SMILES string of the molecule is CCOC(=O)N1CCCC(Nc2n[nH]c(=O)c3ccccc23)CC1. The zero-order valence-electron chi connectivity index (χ0n) is 13.7. The van der Waals surface area contributed by atoms with Crippen molar-refractivity contribution >= 4 is 22.7 Å². The van der Waals surface area contributed by atoms with Crippen LogP contribution in [0.25, 0.3) is 10.8 Å². The highest BCUT2D eigenvalue weighted by Crippen LogP contribution is 2.21. The highest BCUT2D eigenvalue weighted by molar-refractivity contribution is 5.90. The number of likely N-dealkylation sites (tertiary alicyclic amines) is 1. The highest BCUT2D eigenvalue weighted by atomic mass is 16.6. The minimum atomic E-state index is -0.245. The van der Waals surface area contributed by atoms with Crippen molar-refractivity contribution in [2.24, 2.45) is 0 Å². The minimum Gasteiger partial charge on any atom is -0.450 e. The van der Waals surface area contributed by atoms with E-state index >= 15 is 0 Å². The Balaban J connectivity index is 1.72. The average molecular weight is 330 g/mol. The predicted octanol–water partition coefficient (Wildman–Crippen LogP) is 2.35. The summed E-state index contributed by atoms with van der Waals surface area (Å²) in [6.07, 6.45) is 2.40. The molecule has 7 heteroatoms. The van der Waals surface area contributed by atoms with Gasteiger partial charge in [-0.1, -0.05) is 18.2 Å². The number of nitrogens with one attached hydrogen (secondary N) is 2. The van der Waals surface area contributed by atoms with Gasteiger partial charge in [-0.3, -0.25) is 4.79 Å². The fourth-order valence-corrected chi connectivity index (χ4v) is 3.06. The fourth-order valence-electron chi connectivity index (χ4n) is 3.06. The molecule has 0 spiro atoms. The molecule has 1 aliphatic heterocycles. The van der Waals surface area contributed by atoms with E-state index in [1.165, 1.54) is 0 Å². The number of fused-ring (bicyclic) bond motifs is 1. The molecule has 1 aliphatic rings. The smallest absolute Gasteiger partial charge is 0.409 e. The number of aromatic amines is 1. The summed E-state index contributed by atoms with van der Waals surface area (Å²) in [5, 5.41) is 11.6. The molecule has 0 saturated carbocycles. The number of benzene rings is 1. The van der Waals surface area contributed by atoms with Crippen molar-refractivity contribution in [1.29, 1.82) is 0 Å². The summed E-state index contributed by atoms with van der Waals surface area (Å²) in [6.45, 7) is 3.56. The van der Waals surface area contributed by atoms with Gasteiger partial charge in [0, 0.05) is 24.5 Å². The molecule has 0 bridgehead atoms. The number of hydrogen-bond donors (Lipinski definition) is 2. The second kappa shape index (κ2) is 7.33. The van der Waals surface area contributed by atoms with Gasteiger partial charge in [0.15, 0.2) is 5.82 Å². The zero-order valence-corrected chi connectivity index (χ0v) is 13.7. The Hall–Kier alpha value is -2.57. The van der Waals surface area contributed by atoms with E-state index < -0.39 is 0 Å². The standard InChI is InChI=1S/C17H22N4O3/c1-2-24-17(23)21-10-5-6-12(9-11-21)18-15-13-7-3-4-8-14(13)16(22)20-19-15/h3-4,7-8,12H,2,5-6,9-11H2,1H3,(H,18,19)(H,20,22). The van der Waals surface area contributed by atoms with Gasteiger partial charge in [-0.25, -0.2) is 9.89 Å². The Labute approximate surface area is 140 Å². The van der Waals surface area contributed by atoms with Gasteiger partial charge in [0.2, 0.25) is 0 Å². The summed E-state index contributed by atoms with van der Waals surface area (Å²) in [5.74, 6) is 0.680. The number of nitrogens with zero attached hydrogens (tertiary/aromatic N) is 2. The lowest BCUT2D eigenvalue weighted by molar-refractivity contribution is 0.108. The minimum absolute atomic E-state index is 0.189. The molecular formula is C17H22N4O3. The Morgan fingerprint density at radius 1 is 1.33 bits per heavy atom. The molecule has 128 valence electrons. The Morgan fingerprint density at radius 3 is 2.92 bits per heavy atom. The third-order valence-corrected chi connectivity index (χ3v) is 4.29. The summed E-state index contributed by atoms with van der Waals surface area (Å²) >= 11 is 0. The summed E-state index contributed by atoms with van der Waals surface area (Å²) in [5.41, 5.74) is -0.189. The van der Waals surface area contributed by atoms with Gasteiger partial charge in [-0.05, 0) is 32.3 Å². The van der Waals surface area contributed by atoms with Gasteiger partial charge in [-0.2, -0.15) is 5.10 Å². The van der Waals surface area contributed by atoms with Crippen molar-refractivity contribution in [1.82, 2.24) is 15.1 Å². The average Bonchev–Trinajstić information content (AvgIpc) is 2.84. The lowest BCUT2D eigenvalue weighted by atomic mass is 10.1. The largest absolute Gasteiger partial charge is 0.450 e. The Kier molecular flexibility index (Phi) is 4.98. The van der Waals surface area contributed by atoms with Gasteiger partial charge in [0.05, 0.1) is 12.0 Å². The first-order chi connectivity index (χ1) is 11.7. The first-order valence-electron chi connectivity index (χ1n) is 8.34. The summed E-state index contributed by atoms with van der Waals surface area (Å²) in [6, 6.07) is 7.61. The number of hydrogen-bond acceptors (Lipinski definition) is 5. The van der Waals surface area contributed by atoms with E-state index in [2.05, 4.69) is 15.5 Å². The van der Waals surface area contributed by atoms with Gasteiger partial charge in [0.1, 0.15) is 0 Å². The monoisotopic (exact) mass is 330 g/mol. The van der Waals surface area contributed by atoms with Crippen molar-refractivity contribution < 1.29 is 9.53 Å². The molecular weight excluding hydrogens is 308 g/mol. The van der Waals surface area contributed by atoms with Crippen molar-refractivity contribution in [2.75, 3.05) is 25.0 Å². The maximum atomic E-state index is 11.9. The van der Waals surface area contributed by atoms with Crippen LogP contribution in [0.5, 0.6) is 0 Å². The highest BCUT2D eigenvalue weighted by Gasteiger charge is 2.22. The van der Waals surface area contributed by atoms with E-state index in [0.717, 1.165) is 24.6 Å². The van der Waals surface area contributed by atoms with E-state index in [1.807, 2.05) is 25.1 Å². The van der Waals surface area contributed by atoms with E-state index in [9.17, 15) is 9.59 Å². The molecule has 0 aliphatic carbocycles. The molecule has 2 aromatic rings. The lowest BCUT2D eigenvalue weighted by Gasteiger charge is -2.20. The normalized spacial score (nSPS) is 18.2. The second-order valence-electron chi connectivity index (χ2n) is 5.91. The quantitative estimate of drug-likeness (QED) is 0.902. The van der Waals surface area contributed by atoms with Crippen LogP contribution in [0.2, 0.25) is 0 Å². The molecule has 24 heavy (non-hydrogen) atoms. The number of H-pyrrole nitrogens is 1. The van der Waals surface area contributed by atoms with E-state index in [4.69, 9.17) is 4.74 Å². The van der Waals surface area contributed by atoms with Crippen LogP contribution in [-0.4, -0.2) is 46.9 Å². The van der Waals surface area contributed by atoms with E-state index in [0.29, 0.717) is 30.9 Å². The maximum absolute atomic E-state index is 11.9. The van der Waals surface area contributed by atoms with Crippen LogP contribution in [0, 0.1) is 0 Å². The van der Waals surface area contributed by atoms with Crippen LogP contribution in [0.3, 0.4) is 0 Å². The molecule has 1 unspecified atom stereocenters. The maximum Gasteiger partial charge on any atom is 0.409 e. The molecule has 7 nitrogen and oxygen atoms in total.